The van der Waals surface area contributed by atoms with Crippen LogP contribution in [-0.2, 0) is 14.8 Å². The lowest BCUT2D eigenvalue weighted by molar-refractivity contribution is 0.102. The minimum Gasteiger partial charge on any atom is -0.377 e. The molecule has 0 saturated carbocycles. The van der Waals surface area contributed by atoms with E-state index in [1.54, 1.807) is 24.3 Å². The first-order chi connectivity index (χ1) is 12.4. The van der Waals surface area contributed by atoms with Gasteiger partial charge in [-0.2, -0.15) is 0 Å². The minimum atomic E-state index is -3.63. The summed E-state index contributed by atoms with van der Waals surface area (Å²) >= 11 is 5.89. The fourth-order valence-electron chi connectivity index (χ4n) is 2.65. The first-order valence-corrected chi connectivity index (χ1v) is 10.1. The molecule has 1 fully saturated rings. The summed E-state index contributed by atoms with van der Waals surface area (Å²) in [6, 6.07) is 12.6. The Labute approximate surface area is 157 Å². The summed E-state index contributed by atoms with van der Waals surface area (Å²) in [4.78, 5) is 12.4. The molecular weight excluding hydrogens is 376 g/mol. The first kappa shape index (κ1) is 18.8. The molecule has 8 heteroatoms. The van der Waals surface area contributed by atoms with Gasteiger partial charge in [0.15, 0.2) is 0 Å². The molecule has 6 nitrogen and oxygen atoms in total. The second kappa shape index (κ2) is 8.18. The van der Waals surface area contributed by atoms with Crippen molar-refractivity contribution in [2.45, 2.75) is 23.8 Å². The molecule has 1 heterocycles. The molecule has 1 amide bonds. The SMILES string of the molecule is O=C(Nc1cccc(Cl)c1)c1ccc(S(=O)(=O)NC[C@H]2CCCO2)cc1. The maximum Gasteiger partial charge on any atom is 0.255 e. The number of carbonyl (C=O) groups excluding carboxylic acids is 1. The Morgan fingerprint density at radius 2 is 1.96 bits per heavy atom. The molecule has 0 bridgehead atoms. The summed E-state index contributed by atoms with van der Waals surface area (Å²) in [6.45, 7) is 0.919. The summed E-state index contributed by atoms with van der Waals surface area (Å²) in [5.41, 5.74) is 0.917. The van der Waals surface area contributed by atoms with Gasteiger partial charge >= 0.3 is 0 Å². The van der Waals surface area contributed by atoms with E-state index in [1.165, 1.54) is 24.3 Å². The van der Waals surface area contributed by atoms with Crippen molar-refractivity contribution in [2.24, 2.45) is 0 Å². The van der Waals surface area contributed by atoms with Crippen molar-refractivity contribution >= 4 is 33.2 Å². The average molecular weight is 395 g/mol. The highest BCUT2D eigenvalue weighted by Crippen LogP contribution is 2.17. The Morgan fingerprint density at radius 1 is 1.19 bits per heavy atom. The van der Waals surface area contributed by atoms with Crippen LogP contribution in [0.2, 0.25) is 5.02 Å². The number of sulfonamides is 1. The molecule has 26 heavy (non-hydrogen) atoms. The molecule has 138 valence electrons. The van der Waals surface area contributed by atoms with E-state index in [4.69, 9.17) is 16.3 Å². The van der Waals surface area contributed by atoms with Gasteiger partial charge < -0.3 is 10.1 Å². The molecule has 2 N–H and O–H groups in total. The topological polar surface area (TPSA) is 84.5 Å². The number of carbonyl (C=O) groups is 1. The van der Waals surface area contributed by atoms with Gasteiger partial charge in [-0.1, -0.05) is 17.7 Å². The molecule has 1 saturated heterocycles. The van der Waals surface area contributed by atoms with Crippen LogP contribution in [0.4, 0.5) is 5.69 Å². The second-order valence-electron chi connectivity index (χ2n) is 5.98. The fourth-order valence-corrected chi connectivity index (χ4v) is 3.90. The normalized spacial score (nSPS) is 17.2. The molecule has 0 aromatic heterocycles. The van der Waals surface area contributed by atoms with Crippen molar-refractivity contribution in [3.05, 3.63) is 59.1 Å². The van der Waals surface area contributed by atoms with Gasteiger partial charge in [-0.25, -0.2) is 13.1 Å². The molecule has 0 aliphatic carbocycles. The number of ether oxygens (including phenoxy) is 1. The summed E-state index contributed by atoms with van der Waals surface area (Å²) in [7, 11) is -3.63. The Balaban J connectivity index is 1.64. The standard InChI is InChI=1S/C18H19ClN2O4S/c19-14-3-1-4-15(11-14)21-18(22)13-6-8-17(9-7-13)26(23,24)20-12-16-5-2-10-25-16/h1,3-4,6-9,11,16,20H,2,5,10,12H2,(H,21,22)/t16-/m1/s1. The lowest BCUT2D eigenvalue weighted by Gasteiger charge is -2.12. The van der Waals surface area contributed by atoms with E-state index in [9.17, 15) is 13.2 Å². The van der Waals surface area contributed by atoms with Crippen molar-refractivity contribution in [3.63, 3.8) is 0 Å². The van der Waals surface area contributed by atoms with E-state index >= 15 is 0 Å². The van der Waals surface area contributed by atoms with Gasteiger partial charge in [0.25, 0.3) is 5.91 Å². The van der Waals surface area contributed by atoms with E-state index in [0.29, 0.717) is 22.9 Å². The Hall–Kier alpha value is -1.93. The van der Waals surface area contributed by atoms with Crippen LogP contribution in [0, 0.1) is 0 Å². The number of halogens is 1. The molecule has 1 aliphatic rings. The smallest absolute Gasteiger partial charge is 0.255 e. The van der Waals surface area contributed by atoms with Crippen LogP contribution in [-0.4, -0.2) is 33.6 Å². The van der Waals surface area contributed by atoms with E-state index in [0.717, 1.165) is 12.8 Å². The van der Waals surface area contributed by atoms with Crippen LogP contribution in [0.1, 0.15) is 23.2 Å². The lowest BCUT2D eigenvalue weighted by atomic mass is 10.2. The van der Waals surface area contributed by atoms with Crippen LogP contribution < -0.4 is 10.0 Å². The molecule has 0 spiro atoms. The highest BCUT2D eigenvalue weighted by molar-refractivity contribution is 7.89. The van der Waals surface area contributed by atoms with E-state index in [-0.39, 0.29) is 23.5 Å². The van der Waals surface area contributed by atoms with Crippen LogP contribution in [0.3, 0.4) is 0 Å². The number of amides is 1. The maximum atomic E-state index is 12.3. The zero-order valence-corrected chi connectivity index (χ0v) is 15.5. The Kier molecular flexibility index (Phi) is 5.93. The molecule has 2 aromatic rings. The van der Waals surface area contributed by atoms with E-state index < -0.39 is 10.0 Å². The maximum absolute atomic E-state index is 12.3. The van der Waals surface area contributed by atoms with Crippen molar-refractivity contribution < 1.29 is 17.9 Å². The van der Waals surface area contributed by atoms with Gasteiger partial charge in [0.05, 0.1) is 11.0 Å². The van der Waals surface area contributed by atoms with Crippen molar-refractivity contribution in [2.75, 3.05) is 18.5 Å². The van der Waals surface area contributed by atoms with Gasteiger partial charge in [-0.3, -0.25) is 4.79 Å². The number of nitrogens with one attached hydrogen (secondary N) is 2. The summed E-state index contributed by atoms with van der Waals surface area (Å²) in [5, 5.41) is 3.23. The fraction of sp³-hybridized carbons (Fsp3) is 0.278. The predicted molar refractivity (Wildman–Crippen MR) is 100 cm³/mol. The monoisotopic (exact) mass is 394 g/mol. The van der Waals surface area contributed by atoms with E-state index in [2.05, 4.69) is 10.0 Å². The van der Waals surface area contributed by atoms with Crippen LogP contribution in [0.25, 0.3) is 0 Å². The third-order valence-electron chi connectivity index (χ3n) is 4.03. The van der Waals surface area contributed by atoms with Crippen LogP contribution in [0.15, 0.2) is 53.4 Å². The highest BCUT2D eigenvalue weighted by Gasteiger charge is 2.20. The van der Waals surface area contributed by atoms with Crippen LogP contribution >= 0.6 is 11.6 Å². The van der Waals surface area contributed by atoms with Crippen molar-refractivity contribution in [1.82, 2.24) is 4.72 Å². The van der Waals surface area contributed by atoms with Crippen molar-refractivity contribution in [3.8, 4) is 0 Å². The second-order valence-corrected chi connectivity index (χ2v) is 8.18. The lowest BCUT2D eigenvalue weighted by Crippen LogP contribution is -2.31. The van der Waals surface area contributed by atoms with Gasteiger partial charge in [0.1, 0.15) is 0 Å². The largest absolute Gasteiger partial charge is 0.377 e. The van der Waals surface area contributed by atoms with Gasteiger partial charge in [0, 0.05) is 29.4 Å². The molecule has 0 unspecified atom stereocenters. The number of rotatable bonds is 6. The van der Waals surface area contributed by atoms with Gasteiger partial charge in [0.2, 0.25) is 10.0 Å². The molecule has 0 radical (unpaired) electrons. The number of hydrogen-bond acceptors (Lipinski definition) is 4. The summed E-state index contributed by atoms with van der Waals surface area (Å²) < 4.78 is 32.6. The molecule has 1 atom stereocenters. The Morgan fingerprint density at radius 3 is 2.62 bits per heavy atom. The molecule has 3 rings (SSSR count). The summed E-state index contributed by atoms with van der Waals surface area (Å²) in [5.74, 6) is -0.344. The van der Waals surface area contributed by atoms with Gasteiger partial charge in [-0.05, 0) is 55.3 Å². The third kappa shape index (κ3) is 4.82. The number of benzene rings is 2. The summed E-state index contributed by atoms with van der Waals surface area (Å²) in [6.07, 6.45) is 1.72. The third-order valence-corrected chi connectivity index (χ3v) is 5.71. The Bertz CT molecular complexity index is 878. The van der Waals surface area contributed by atoms with Crippen molar-refractivity contribution in [1.29, 1.82) is 0 Å². The minimum absolute atomic E-state index is 0.0764. The first-order valence-electron chi connectivity index (χ1n) is 8.22. The highest BCUT2D eigenvalue weighted by atomic mass is 35.5. The molecule has 2 aromatic carbocycles. The molecule has 1 aliphatic heterocycles. The van der Waals surface area contributed by atoms with Crippen LogP contribution in [0.5, 0.6) is 0 Å². The van der Waals surface area contributed by atoms with Gasteiger partial charge in [-0.15, -0.1) is 0 Å². The average Bonchev–Trinajstić information content (AvgIpc) is 3.14. The zero-order chi connectivity index (χ0) is 18.6. The molecular formula is C18H19ClN2O4S. The van der Waals surface area contributed by atoms with E-state index in [1.807, 2.05) is 0 Å². The quantitative estimate of drug-likeness (QED) is 0.788. The predicted octanol–water partition coefficient (Wildman–Crippen LogP) is 3.05. The number of hydrogen-bond donors (Lipinski definition) is 2. The number of anilines is 1. The zero-order valence-electron chi connectivity index (χ0n) is 13.9.